The molecule has 0 radical (unpaired) electrons. The van der Waals surface area contributed by atoms with Crippen LogP contribution in [0.5, 0.6) is 0 Å². The summed E-state index contributed by atoms with van der Waals surface area (Å²) in [6.07, 6.45) is 6.67. The van der Waals surface area contributed by atoms with Crippen molar-refractivity contribution in [2.24, 2.45) is 5.73 Å². The molecule has 0 heterocycles. The lowest BCUT2D eigenvalue weighted by Gasteiger charge is -2.27. The number of carbonyl (C=O) groups excluding carboxylic acids is 1. The molecule has 0 aromatic rings. The Morgan fingerprint density at radius 1 is 1.39 bits per heavy atom. The van der Waals surface area contributed by atoms with Crippen molar-refractivity contribution in [3.8, 4) is 0 Å². The first-order valence-electron chi connectivity index (χ1n) is 6.81. The van der Waals surface area contributed by atoms with Crippen LogP contribution in [0.2, 0.25) is 0 Å². The second-order valence-corrected chi connectivity index (χ2v) is 5.41. The average Bonchev–Trinajstić information content (AvgIpc) is 2.81. The SMILES string of the molecule is CCCCOC(=O)CN(CC(N)=S)C1CCCC1. The molecule has 0 aromatic carbocycles. The number of thiocarbonyl (C=S) groups is 1. The number of rotatable bonds is 8. The van der Waals surface area contributed by atoms with E-state index in [9.17, 15) is 4.79 Å². The topological polar surface area (TPSA) is 55.6 Å². The smallest absolute Gasteiger partial charge is 0.320 e. The fourth-order valence-electron chi connectivity index (χ4n) is 2.33. The molecule has 0 amide bonds. The van der Waals surface area contributed by atoms with Crippen LogP contribution < -0.4 is 5.73 Å². The predicted octanol–water partition coefficient (Wildman–Crippen LogP) is 1.86. The van der Waals surface area contributed by atoms with Gasteiger partial charge in [0.25, 0.3) is 0 Å². The zero-order chi connectivity index (χ0) is 13.4. The zero-order valence-electron chi connectivity index (χ0n) is 11.2. The van der Waals surface area contributed by atoms with Crippen molar-refractivity contribution >= 4 is 23.2 Å². The van der Waals surface area contributed by atoms with E-state index in [0.29, 0.717) is 30.7 Å². The summed E-state index contributed by atoms with van der Waals surface area (Å²) >= 11 is 4.95. The highest BCUT2D eigenvalue weighted by molar-refractivity contribution is 7.80. The van der Waals surface area contributed by atoms with Crippen LogP contribution >= 0.6 is 12.2 Å². The lowest BCUT2D eigenvalue weighted by Crippen LogP contribution is -2.42. The lowest BCUT2D eigenvalue weighted by atomic mass is 10.2. The van der Waals surface area contributed by atoms with Gasteiger partial charge in [-0.15, -0.1) is 0 Å². The Morgan fingerprint density at radius 3 is 2.61 bits per heavy atom. The van der Waals surface area contributed by atoms with Gasteiger partial charge in [-0.25, -0.2) is 0 Å². The molecule has 0 saturated heterocycles. The Labute approximate surface area is 115 Å². The van der Waals surface area contributed by atoms with Crippen molar-refractivity contribution in [1.29, 1.82) is 0 Å². The number of unbranched alkanes of at least 4 members (excludes halogenated alkanes) is 1. The first-order chi connectivity index (χ1) is 8.63. The average molecular weight is 272 g/mol. The van der Waals surface area contributed by atoms with Crippen LogP contribution in [0.1, 0.15) is 45.4 Å². The Balaban J connectivity index is 2.39. The Bertz CT molecular complexity index is 278. The third-order valence-electron chi connectivity index (χ3n) is 3.29. The van der Waals surface area contributed by atoms with Crippen molar-refractivity contribution in [3.63, 3.8) is 0 Å². The molecule has 1 rings (SSSR count). The summed E-state index contributed by atoms with van der Waals surface area (Å²) in [5.41, 5.74) is 5.60. The van der Waals surface area contributed by atoms with E-state index < -0.39 is 0 Å². The van der Waals surface area contributed by atoms with Crippen molar-refractivity contribution < 1.29 is 9.53 Å². The third-order valence-corrected chi connectivity index (χ3v) is 3.42. The Kier molecular flexibility index (Phi) is 7.20. The maximum Gasteiger partial charge on any atom is 0.320 e. The largest absolute Gasteiger partial charge is 0.465 e. The molecular weight excluding hydrogens is 248 g/mol. The van der Waals surface area contributed by atoms with Crippen molar-refractivity contribution in [3.05, 3.63) is 0 Å². The maximum absolute atomic E-state index is 11.7. The van der Waals surface area contributed by atoms with E-state index in [0.717, 1.165) is 25.7 Å². The normalized spacial score (nSPS) is 16.1. The molecule has 0 unspecified atom stereocenters. The van der Waals surface area contributed by atoms with Crippen LogP contribution in [0.4, 0.5) is 0 Å². The molecule has 104 valence electrons. The number of hydrogen-bond donors (Lipinski definition) is 1. The molecule has 1 aliphatic carbocycles. The molecule has 1 fully saturated rings. The van der Waals surface area contributed by atoms with Gasteiger partial charge in [-0.05, 0) is 19.3 Å². The maximum atomic E-state index is 11.7. The molecule has 1 saturated carbocycles. The zero-order valence-corrected chi connectivity index (χ0v) is 12.0. The molecule has 18 heavy (non-hydrogen) atoms. The lowest BCUT2D eigenvalue weighted by molar-refractivity contribution is -0.145. The van der Waals surface area contributed by atoms with Crippen LogP contribution in [0.15, 0.2) is 0 Å². The van der Waals surface area contributed by atoms with Crippen LogP contribution in [-0.4, -0.2) is 41.6 Å². The van der Waals surface area contributed by atoms with E-state index in [2.05, 4.69) is 11.8 Å². The van der Waals surface area contributed by atoms with Crippen molar-refractivity contribution in [2.75, 3.05) is 19.7 Å². The van der Waals surface area contributed by atoms with E-state index in [1.165, 1.54) is 12.8 Å². The van der Waals surface area contributed by atoms with Crippen molar-refractivity contribution in [1.82, 2.24) is 4.90 Å². The third kappa shape index (κ3) is 5.78. The second-order valence-electron chi connectivity index (χ2n) is 4.88. The van der Waals surface area contributed by atoms with E-state index in [4.69, 9.17) is 22.7 Å². The van der Waals surface area contributed by atoms with Gasteiger partial charge in [-0.2, -0.15) is 0 Å². The predicted molar refractivity (Wildman–Crippen MR) is 76.5 cm³/mol. The summed E-state index contributed by atoms with van der Waals surface area (Å²) in [6, 6.07) is 0.435. The molecular formula is C13H24N2O2S. The number of carbonyl (C=O) groups is 1. The highest BCUT2D eigenvalue weighted by Gasteiger charge is 2.25. The van der Waals surface area contributed by atoms with E-state index >= 15 is 0 Å². The minimum atomic E-state index is -0.161. The minimum Gasteiger partial charge on any atom is -0.465 e. The summed E-state index contributed by atoms with van der Waals surface area (Å²) in [5.74, 6) is -0.161. The summed E-state index contributed by atoms with van der Waals surface area (Å²) in [6.45, 7) is 3.42. The van der Waals surface area contributed by atoms with Gasteiger partial charge in [0, 0.05) is 12.6 Å². The number of ether oxygens (including phenoxy) is 1. The van der Waals surface area contributed by atoms with Gasteiger partial charge in [0.05, 0.1) is 18.1 Å². The molecule has 0 aliphatic heterocycles. The molecule has 4 nitrogen and oxygen atoms in total. The van der Waals surface area contributed by atoms with E-state index in [1.807, 2.05) is 0 Å². The number of esters is 1. The Hall–Kier alpha value is -0.680. The van der Waals surface area contributed by atoms with Gasteiger partial charge in [0.15, 0.2) is 0 Å². The van der Waals surface area contributed by atoms with Crippen LogP contribution in [0.3, 0.4) is 0 Å². The quantitative estimate of drug-likeness (QED) is 0.415. The fraction of sp³-hybridized carbons (Fsp3) is 0.846. The molecule has 0 spiro atoms. The summed E-state index contributed by atoms with van der Waals surface area (Å²) < 4.78 is 5.19. The van der Waals surface area contributed by atoms with Gasteiger partial charge >= 0.3 is 5.97 Å². The monoisotopic (exact) mass is 272 g/mol. The molecule has 0 aromatic heterocycles. The first-order valence-corrected chi connectivity index (χ1v) is 7.22. The number of nitrogens with zero attached hydrogens (tertiary/aromatic N) is 1. The minimum absolute atomic E-state index is 0.161. The molecule has 5 heteroatoms. The standard InChI is InChI=1S/C13H24N2O2S/c1-2-3-8-17-13(16)10-15(9-12(14)18)11-6-4-5-7-11/h11H,2-10H2,1H3,(H2,14,18). The molecule has 0 atom stereocenters. The van der Waals surface area contributed by atoms with E-state index in [-0.39, 0.29) is 5.97 Å². The van der Waals surface area contributed by atoms with E-state index in [1.54, 1.807) is 0 Å². The first kappa shape index (κ1) is 15.4. The van der Waals surface area contributed by atoms with Gasteiger partial charge < -0.3 is 10.5 Å². The van der Waals surface area contributed by atoms with Gasteiger partial charge in [-0.3, -0.25) is 9.69 Å². The Morgan fingerprint density at radius 2 is 2.06 bits per heavy atom. The van der Waals surface area contributed by atoms with Crippen LogP contribution in [-0.2, 0) is 9.53 Å². The second kappa shape index (κ2) is 8.43. The molecule has 2 N–H and O–H groups in total. The van der Waals surface area contributed by atoms with Gasteiger partial charge in [-0.1, -0.05) is 38.4 Å². The van der Waals surface area contributed by atoms with Gasteiger partial charge in [0.1, 0.15) is 0 Å². The summed E-state index contributed by atoms with van der Waals surface area (Å²) in [5, 5.41) is 0. The summed E-state index contributed by atoms with van der Waals surface area (Å²) in [4.78, 5) is 14.2. The number of hydrogen-bond acceptors (Lipinski definition) is 4. The van der Waals surface area contributed by atoms with Gasteiger partial charge in [0.2, 0.25) is 0 Å². The molecule has 1 aliphatic rings. The fourth-order valence-corrected chi connectivity index (χ4v) is 2.49. The van der Waals surface area contributed by atoms with Crippen molar-refractivity contribution in [2.45, 2.75) is 51.5 Å². The highest BCUT2D eigenvalue weighted by Crippen LogP contribution is 2.23. The van der Waals surface area contributed by atoms with Crippen LogP contribution in [0.25, 0.3) is 0 Å². The molecule has 0 bridgehead atoms. The summed E-state index contributed by atoms with van der Waals surface area (Å²) in [7, 11) is 0. The number of nitrogens with two attached hydrogens (primary N) is 1. The van der Waals surface area contributed by atoms with Crippen LogP contribution in [0, 0.1) is 0 Å². The highest BCUT2D eigenvalue weighted by atomic mass is 32.1.